The van der Waals surface area contributed by atoms with Gasteiger partial charge >= 0.3 is 0 Å². The average molecular weight is 399 g/mol. The quantitative estimate of drug-likeness (QED) is 0.655. The standard InChI is InChI=1S/C24H34N2O3/c1-3-5-12-28-22-14-17-9-11-26-21(19(17)15-23(22)29-13-6-4-2)16-20-18(24(26)27)8-7-10-25-20/h14-15,21,25H,3-13,16H2,1-2H3. The van der Waals surface area contributed by atoms with Crippen LogP contribution in [0.15, 0.2) is 23.4 Å². The van der Waals surface area contributed by atoms with Gasteiger partial charge in [0.15, 0.2) is 11.5 Å². The number of nitrogens with one attached hydrogen (secondary N) is 1. The lowest BCUT2D eigenvalue weighted by atomic mass is 9.83. The minimum Gasteiger partial charge on any atom is -0.490 e. The van der Waals surface area contributed by atoms with Crippen LogP contribution in [-0.4, -0.2) is 37.1 Å². The number of unbranched alkanes of at least 4 members (excludes halogenated alkanes) is 2. The van der Waals surface area contributed by atoms with Gasteiger partial charge < -0.3 is 19.7 Å². The molecule has 29 heavy (non-hydrogen) atoms. The predicted octanol–water partition coefficient (Wildman–Crippen LogP) is 4.51. The van der Waals surface area contributed by atoms with Gasteiger partial charge in [-0.2, -0.15) is 0 Å². The fourth-order valence-electron chi connectivity index (χ4n) is 4.61. The van der Waals surface area contributed by atoms with E-state index in [1.54, 1.807) is 0 Å². The molecule has 1 N–H and O–H groups in total. The van der Waals surface area contributed by atoms with E-state index in [-0.39, 0.29) is 11.9 Å². The fraction of sp³-hybridized carbons (Fsp3) is 0.625. The van der Waals surface area contributed by atoms with Crippen LogP contribution in [0.2, 0.25) is 0 Å². The van der Waals surface area contributed by atoms with Crippen LogP contribution in [0.4, 0.5) is 0 Å². The van der Waals surface area contributed by atoms with E-state index in [4.69, 9.17) is 9.47 Å². The van der Waals surface area contributed by atoms with Gasteiger partial charge in [-0.25, -0.2) is 0 Å². The first kappa shape index (κ1) is 20.1. The van der Waals surface area contributed by atoms with Gasteiger partial charge in [0.05, 0.1) is 19.3 Å². The number of amides is 1. The number of hydrogen-bond donors (Lipinski definition) is 1. The monoisotopic (exact) mass is 398 g/mol. The van der Waals surface area contributed by atoms with Crippen LogP contribution < -0.4 is 14.8 Å². The number of rotatable bonds is 8. The highest BCUT2D eigenvalue weighted by atomic mass is 16.5. The molecule has 3 heterocycles. The number of carbonyl (C=O) groups is 1. The first-order valence-corrected chi connectivity index (χ1v) is 11.4. The molecular formula is C24H34N2O3. The summed E-state index contributed by atoms with van der Waals surface area (Å²) in [7, 11) is 0. The maximum absolute atomic E-state index is 13.1. The summed E-state index contributed by atoms with van der Waals surface area (Å²) in [4.78, 5) is 15.2. The maximum Gasteiger partial charge on any atom is 0.252 e. The van der Waals surface area contributed by atoms with Gasteiger partial charge in [-0.3, -0.25) is 4.79 Å². The first-order chi connectivity index (χ1) is 14.2. The Labute approximate surface area is 174 Å². The Bertz CT molecular complexity index is 787. The first-order valence-electron chi connectivity index (χ1n) is 11.4. The van der Waals surface area contributed by atoms with Gasteiger partial charge in [0, 0.05) is 30.8 Å². The van der Waals surface area contributed by atoms with E-state index < -0.39 is 0 Å². The van der Waals surface area contributed by atoms with Crippen LogP contribution in [0.1, 0.15) is 76.0 Å². The van der Waals surface area contributed by atoms with E-state index in [9.17, 15) is 4.79 Å². The van der Waals surface area contributed by atoms with E-state index >= 15 is 0 Å². The molecule has 0 spiro atoms. The molecule has 0 saturated carbocycles. The number of benzene rings is 1. The van der Waals surface area contributed by atoms with Crippen LogP contribution >= 0.6 is 0 Å². The van der Waals surface area contributed by atoms with Gasteiger partial charge in [0.2, 0.25) is 0 Å². The van der Waals surface area contributed by atoms with E-state index in [1.807, 2.05) is 0 Å². The van der Waals surface area contributed by atoms with Gasteiger partial charge in [-0.15, -0.1) is 0 Å². The van der Waals surface area contributed by atoms with Gasteiger partial charge in [-0.05, 0) is 55.4 Å². The molecule has 0 aromatic heterocycles. The second kappa shape index (κ2) is 9.10. The summed E-state index contributed by atoms with van der Waals surface area (Å²) in [5.74, 6) is 1.92. The fourth-order valence-corrected chi connectivity index (χ4v) is 4.61. The number of ether oxygens (including phenoxy) is 2. The molecule has 1 atom stereocenters. The Morgan fingerprint density at radius 1 is 1.07 bits per heavy atom. The molecule has 1 amide bonds. The molecule has 0 saturated heterocycles. The molecule has 0 radical (unpaired) electrons. The molecule has 0 aliphatic carbocycles. The zero-order valence-corrected chi connectivity index (χ0v) is 17.9. The van der Waals surface area contributed by atoms with E-state index in [2.05, 4.69) is 36.2 Å². The molecule has 0 fully saturated rings. The lowest BCUT2D eigenvalue weighted by Crippen LogP contribution is -2.46. The Kier molecular flexibility index (Phi) is 6.31. The van der Waals surface area contributed by atoms with Crippen molar-refractivity contribution < 1.29 is 14.3 Å². The van der Waals surface area contributed by atoms with Crippen molar-refractivity contribution in [3.8, 4) is 11.5 Å². The predicted molar refractivity (Wildman–Crippen MR) is 114 cm³/mol. The molecule has 3 aliphatic heterocycles. The third-order valence-corrected chi connectivity index (χ3v) is 6.30. The van der Waals surface area contributed by atoms with E-state index in [1.165, 1.54) is 11.1 Å². The van der Waals surface area contributed by atoms with Crippen LogP contribution in [0.25, 0.3) is 0 Å². The molecule has 0 bridgehead atoms. The average Bonchev–Trinajstić information content (AvgIpc) is 2.74. The summed E-state index contributed by atoms with van der Waals surface area (Å²) >= 11 is 0. The number of hydrogen-bond acceptors (Lipinski definition) is 4. The largest absolute Gasteiger partial charge is 0.490 e. The summed E-state index contributed by atoms with van der Waals surface area (Å²) in [5, 5.41) is 3.49. The zero-order valence-electron chi connectivity index (χ0n) is 17.9. The van der Waals surface area contributed by atoms with E-state index in [0.29, 0.717) is 13.2 Å². The molecule has 5 nitrogen and oxygen atoms in total. The second-order valence-corrected chi connectivity index (χ2v) is 8.36. The Morgan fingerprint density at radius 3 is 2.52 bits per heavy atom. The summed E-state index contributed by atoms with van der Waals surface area (Å²) in [6, 6.07) is 4.44. The maximum atomic E-state index is 13.1. The minimum absolute atomic E-state index is 0.105. The summed E-state index contributed by atoms with van der Waals surface area (Å²) in [6.45, 7) is 7.52. The summed E-state index contributed by atoms with van der Waals surface area (Å²) in [5.41, 5.74) is 4.70. The third-order valence-electron chi connectivity index (χ3n) is 6.30. The zero-order chi connectivity index (χ0) is 20.2. The lowest BCUT2D eigenvalue weighted by molar-refractivity contribution is -0.131. The number of carbonyl (C=O) groups excluding carboxylic acids is 1. The summed E-state index contributed by atoms with van der Waals surface area (Å²) < 4.78 is 12.2. The van der Waals surface area contributed by atoms with Crippen LogP contribution in [-0.2, 0) is 11.2 Å². The number of fused-ring (bicyclic) bond motifs is 3. The van der Waals surface area contributed by atoms with Crippen molar-refractivity contribution in [2.24, 2.45) is 0 Å². The van der Waals surface area contributed by atoms with Crippen LogP contribution in [0.3, 0.4) is 0 Å². The van der Waals surface area contributed by atoms with Crippen molar-refractivity contribution >= 4 is 5.91 Å². The molecule has 3 aliphatic rings. The lowest BCUT2D eigenvalue weighted by Gasteiger charge is -2.43. The van der Waals surface area contributed by atoms with Gasteiger partial charge in [0.25, 0.3) is 5.91 Å². The molecule has 1 aromatic carbocycles. The molecule has 1 aromatic rings. The second-order valence-electron chi connectivity index (χ2n) is 8.36. The van der Waals surface area contributed by atoms with Crippen molar-refractivity contribution in [1.82, 2.24) is 10.2 Å². The Morgan fingerprint density at radius 2 is 1.79 bits per heavy atom. The van der Waals surface area contributed by atoms with Crippen LogP contribution in [0.5, 0.6) is 11.5 Å². The van der Waals surface area contributed by atoms with Gasteiger partial charge in [-0.1, -0.05) is 26.7 Å². The van der Waals surface area contributed by atoms with Crippen molar-refractivity contribution in [3.63, 3.8) is 0 Å². The van der Waals surface area contributed by atoms with Crippen LogP contribution in [0, 0.1) is 0 Å². The highest BCUT2D eigenvalue weighted by molar-refractivity contribution is 5.96. The van der Waals surface area contributed by atoms with E-state index in [0.717, 1.165) is 87.2 Å². The highest BCUT2D eigenvalue weighted by Gasteiger charge is 2.39. The topological polar surface area (TPSA) is 50.8 Å². The Hall–Kier alpha value is -2.17. The molecular weight excluding hydrogens is 364 g/mol. The normalized spacial score (nSPS) is 20.6. The van der Waals surface area contributed by atoms with Crippen molar-refractivity contribution in [3.05, 3.63) is 34.5 Å². The smallest absolute Gasteiger partial charge is 0.252 e. The molecule has 4 rings (SSSR count). The third kappa shape index (κ3) is 4.10. The van der Waals surface area contributed by atoms with Crippen molar-refractivity contribution in [2.45, 2.75) is 71.3 Å². The van der Waals surface area contributed by atoms with Crippen molar-refractivity contribution in [2.75, 3.05) is 26.3 Å². The van der Waals surface area contributed by atoms with Gasteiger partial charge in [0.1, 0.15) is 0 Å². The molecule has 5 heteroatoms. The Balaban J connectivity index is 1.64. The molecule has 1 unspecified atom stereocenters. The summed E-state index contributed by atoms with van der Waals surface area (Å²) in [6.07, 6.45) is 8.01. The number of nitrogens with zero attached hydrogens (tertiary/aromatic N) is 1. The van der Waals surface area contributed by atoms with Crippen molar-refractivity contribution in [1.29, 1.82) is 0 Å². The highest BCUT2D eigenvalue weighted by Crippen LogP contribution is 2.44. The molecule has 158 valence electrons. The SMILES string of the molecule is CCCCOc1cc2c(cc1OCCCC)C1CC3=C(CCCN3)C(=O)N1CC2. The minimum atomic E-state index is 0.105.